The van der Waals surface area contributed by atoms with Gasteiger partial charge in [0.15, 0.2) is 5.52 Å². The van der Waals surface area contributed by atoms with Gasteiger partial charge in [0.05, 0.1) is 11.9 Å². The monoisotopic (exact) mass is 214 g/mol. The Morgan fingerprint density at radius 1 is 1.25 bits per heavy atom. The summed E-state index contributed by atoms with van der Waals surface area (Å²) in [7, 11) is 1.84. The van der Waals surface area contributed by atoms with E-state index in [1.165, 1.54) is 0 Å². The zero-order valence-corrected chi connectivity index (χ0v) is 8.71. The molecule has 0 atom stereocenters. The van der Waals surface area contributed by atoms with Crippen LogP contribution in [0.5, 0.6) is 0 Å². The molecule has 2 heterocycles. The van der Waals surface area contributed by atoms with Crippen LogP contribution in [0, 0.1) is 0 Å². The third kappa shape index (κ3) is 1.05. The lowest BCUT2D eigenvalue weighted by Gasteiger charge is -2.06. The fourth-order valence-electron chi connectivity index (χ4n) is 1.89. The molecule has 0 saturated carbocycles. The maximum atomic E-state index is 12.1. The summed E-state index contributed by atoms with van der Waals surface area (Å²) in [5.41, 5.74) is 2.10. The quantitative estimate of drug-likeness (QED) is 0.658. The van der Waals surface area contributed by atoms with Crippen molar-refractivity contribution in [1.82, 2.24) is 19.6 Å². The average Bonchev–Trinajstić information content (AvgIpc) is 2.86. The molecule has 0 aliphatic carbocycles. The maximum absolute atomic E-state index is 12.1. The zero-order valence-electron chi connectivity index (χ0n) is 8.71. The van der Waals surface area contributed by atoms with E-state index in [0.29, 0.717) is 5.52 Å². The highest BCUT2D eigenvalue weighted by atomic mass is 16.1. The summed E-state index contributed by atoms with van der Waals surface area (Å²) < 4.78 is 3.40. The molecule has 1 N–H and O–H groups in total. The minimum atomic E-state index is -0.0822. The van der Waals surface area contributed by atoms with Crippen molar-refractivity contribution < 1.29 is 0 Å². The molecule has 5 nitrogen and oxygen atoms in total. The number of hydrogen-bond acceptors (Lipinski definition) is 2. The van der Waals surface area contributed by atoms with Crippen LogP contribution in [0.3, 0.4) is 0 Å². The fraction of sp³-hybridized carbons (Fsp3) is 0.0909. The van der Waals surface area contributed by atoms with Gasteiger partial charge in [0.25, 0.3) is 5.56 Å². The number of benzene rings is 1. The van der Waals surface area contributed by atoms with Gasteiger partial charge in [-0.1, -0.05) is 18.2 Å². The predicted molar refractivity (Wildman–Crippen MR) is 60.7 cm³/mol. The molecule has 1 aromatic carbocycles. The van der Waals surface area contributed by atoms with Crippen LogP contribution in [0.4, 0.5) is 0 Å². The maximum Gasteiger partial charge on any atom is 0.297 e. The second-order valence-electron chi connectivity index (χ2n) is 3.61. The smallest absolute Gasteiger partial charge is 0.277 e. The number of fused-ring (bicyclic) bond motifs is 1. The lowest BCUT2D eigenvalue weighted by molar-refractivity contribution is 0.664. The molecule has 0 bridgehead atoms. The molecule has 0 aliphatic rings. The van der Waals surface area contributed by atoms with Crippen molar-refractivity contribution in [2.45, 2.75) is 0 Å². The Labute approximate surface area is 90.9 Å². The van der Waals surface area contributed by atoms with Crippen molar-refractivity contribution in [3.63, 3.8) is 0 Å². The zero-order chi connectivity index (χ0) is 11.1. The third-order valence-electron chi connectivity index (χ3n) is 2.67. The standard InChI is InChI=1S/C11H10N4O/c1-14-9-7-12-13-10(9)11(16)15(14)8-5-3-2-4-6-8/h2-7H,1H3,(H,12,13). The molecule has 2 aromatic heterocycles. The minimum absolute atomic E-state index is 0.0822. The highest BCUT2D eigenvalue weighted by Crippen LogP contribution is 2.10. The van der Waals surface area contributed by atoms with Crippen LogP contribution in [0.1, 0.15) is 0 Å². The van der Waals surface area contributed by atoms with Crippen LogP contribution in [0.15, 0.2) is 41.3 Å². The summed E-state index contributed by atoms with van der Waals surface area (Å²) in [6.07, 6.45) is 1.65. The van der Waals surface area contributed by atoms with E-state index in [9.17, 15) is 4.79 Å². The Balaban J connectivity index is 2.41. The molecule has 5 heteroatoms. The van der Waals surface area contributed by atoms with E-state index in [-0.39, 0.29) is 5.56 Å². The van der Waals surface area contributed by atoms with Gasteiger partial charge in [0.2, 0.25) is 0 Å². The van der Waals surface area contributed by atoms with Gasteiger partial charge in [-0.3, -0.25) is 14.6 Å². The molecular formula is C11H10N4O. The summed E-state index contributed by atoms with van der Waals surface area (Å²) in [4.78, 5) is 12.1. The summed E-state index contributed by atoms with van der Waals surface area (Å²) in [5.74, 6) is 0. The molecule has 80 valence electrons. The van der Waals surface area contributed by atoms with Crippen LogP contribution in [0.2, 0.25) is 0 Å². The second-order valence-corrected chi connectivity index (χ2v) is 3.61. The lowest BCUT2D eigenvalue weighted by atomic mass is 10.3. The Kier molecular flexibility index (Phi) is 1.73. The number of para-hydroxylation sites is 1. The van der Waals surface area contributed by atoms with Crippen molar-refractivity contribution in [1.29, 1.82) is 0 Å². The number of H-pyrrole nitrogens is 1. The number of nitrogens with zero attached hydrogens (tertiary/aromatic N) is 3. The highest BCUT2D eigenvalue weighted by Gasteiger charge is 2.12. The number of aromatic amines is 1. The summed E-state index contributed by atoms with van der Waals surface area (Å²) in [6.45, 7) is 0. The fourth-order valence-corrected chi connectivity index (χ4v) is 1.89. The minimum Gasteiger partial charge on any atom is -0.277 e. The molecule has 0 spiro atoms. The largest absolute Gasteiger partial charge is 0.297 e. The van der Waals surface area contributed by atoms with Crippen molar-refractivity contribution >= 4 is 11.0 Å². The van der Waals surface area contributed by atoms with Crippen LogP contribution in [-0.2, 0) is 7.05 Å². The van der Waals surface area contributed by atoms with E-state index in [0.717, 1.165) is 11.2 Å². The summed E-state index contributed by atoms with van der Waals surface area (Å²) in [5, 5.41) is 6.57. The number of hydrogen-bond donors (Lipinski definition) is 1. The lowest BCUT2D eigenvalue weighted by Crippen LogP contribution is -2.19. The van der Waals surface area contributed by atoms with Crippen LogP contribution >= 0.6 is 0 Å². The van der Waals surface area contributed by atoms with Crippen LogP contribution < -0.4 is 5.56 Å². The van der Waals surface area contributed by atoms with E-state index < -0.39 is 0 Å². The van der Waals surface area contributed by atoms with Gasteiger partial charge < -0.3 is 0 Å². The third-order valence-corrected chi connectivity index (χ3v) is 2.67. The number of aryl methyl sites for hydroxylation is 1. The molecule has 0 saturated heterocycles. The molecule has 3 rings (SSSR count). The van der Waals surface area contributed by atoms with Crippen LogP contribution in [0.25, 0.3) is 16.7 Å². The first-order chi connectivity index (χ1) is 7.79. The first kappa shape index (κ1) is 8.96. The highest BCUT2D eigenvalue weighted by molar-refractivity contribution is 5.73. The van der Waals surface area contributed by atoms with Crippen molar-refractivity contribution in [2.24, 2.45) is 7.05 Å². The number of rotatable bonds is 1. The molecule has 3 aromatic rings. The Bertz CT molecular complexity index is 690. The molecular weight excluding hydrogens is 204 g/mol. The Morgan fingerprint density at radius 3 is 2.69 bits per heavy atom. The molecule has 0 fully saturated rings. The first-order valence-electron chi connectivity index (χ1n) is 4.95. The Morgan fingerprint density at radius 2 is 2.00 bits per heavy atom. The van der Waals surface area contributed by atoms with E-state index in [2.05, 4.69) is 10.2 Å². The van der Waals surface area contributed by atoms with Gasteiger partial charge in [-0.2, -0.15) is 5.10 Å². The topological polar surface area (TPSA) is 55.6 Å². The second kappa shape index (κ2) is 3.10. The van der Waals surface area contributed by atoms with E-state index in [1.54, 1.807) is 15.6 Å². The van der Waals surface area contributed by atoms with Crippen molar-refractivity contribution in [3.05, 3.63) is 46.9 Å². The van der Waals surface area contributed by atoms with Crippen molar-refractivity contribution in [3.8, 4) is 5.69 Å². The molecule has 0 unspecified atom stereocenters. The molecule has 0 amide bonds. The van der Waals surface area contributed by atoms with Gasteiger partial charge in [-0.05, 0) is 12.1 Å². The SMILES string of the molecule is Cn1c2cn[nH]c2c(=O)n1-c1ccccc1. The first-order valence-corrected chi connectivity index (χ1v) is 4.95. The number of nitrogens with one attached hydrogen (secondary N) is 1. The van der Waals surface area contributed by atoms with Gasteiger partial charge in [-0.15, -0.1) is 0 Å². The van der Waals surface area contributed by atoms with Gasteiger partial charge >= 0.3 is 0 Å². The van der Waals surface area contributed by atoms with E-state index in [4.69, 9.17) is 0 Å². The van der Waals surface area contributed by atoms with E-state index >= 15 is 0 Å². The Hall–Kier alpha value is -2.30. The average molecular weight is 214 g/mol. The summed E-state index contributed by atoms with van der Waals surface area (Å²) >= 11 is 0. The van der Waals surface area contributed by atoms with Gasteiger partial charge in [0, 0.05) is 7.05 Å². The van der Waals surface area contributed by atoms with Crippen LogP contribution in [-0.4, -0.2) is 19.6 Å². The summed E-state index contributed by atoms with van der Waals surface area (Å²) in [6, 6.07) is 9.52. The number of aromatic nitrogens is 4. The molecule has 0 aliphatic heterocycles. The molecule has 16 heavy (non-hydrogen) atoms. The van der Waals surface area contributed by atoms with E-state index in [1.807, 2.05) is 37.4 Å². The van der Waals surface area contributed by atoms with Gasteiger partial charge in [0.1, 0.15) is 5.52 Å². The predicted octanol–water partition coefficient (Wildman–Crippen LogP) is 1.05. The van der Waals surface area contributed by atoms with Gasteiger partial charge in [-0.25, -0.2) is 4.68 Å². The van der Waals surface area contributed by atoms with Crippen molar-refractivity contribution in [2.75, 3.05) is 0 Å². The normalized spacial score (nSPS) is 11.1. The molecule has 0 radical (unpaired) electrons.